The minimum absolute atomic E-state index is 0.715. The first-order valence-electron chi connectivity index (χ1n) is 6.15. The first-order chi connectivity index (χ1) is 7.77. The van der Waals surface area contributed by atoms with E-state index in [1.807, 2.05) is 6.92 Å². The standard InChI is InChI=1S/C11H22N2O3/c1-2-11(14,12-3-7-15-8-4-12)13-5-9-16-10-6-13/h14H,2-10H2,1H3. The predicted molar refractivity (Wildman–Crippen MR) is 60.0 cm³/mol. The summed E-state index contributed by atoms with van der Waals surface area (Å²) < 4.78 is 10.7. The highest BCUT2D eigenvalue weighted by Gasteiger charge is 2.39. The molecule has 0 spiro atoms. The van der Waals surface area contributed by atoms with E-state index in [9.17, 15) is 5.11 Å². The van der Waals surface area contributed by atoms with Gasteiger partial charge in [0.05, 0.1) is 26.4 Å². The van der Waals surface area contributed by atoms with Crippen molar-refractivity contribution in [2.24, 2.45) is 0 Å². The van der Waals surface area contributed by atoms with E-state index in [0.717, 1.165) is 26.2 Å². The van der Waals surface area contributed by atoms with E-state index in [4.69, 9.17) is 9.47 Å². The molecule has 5 nitrogen and oxygen atoms in total. The Morgan fingerprint density at radius 1 is 0.938 bits per heavy atom. The molecule has 0 aromatic carbocycles. The van der Waals surface area contributed by atoms with E-state index in [1.165, 1.54) is 0 Å². The lowest BCUT2D eigenvalue weighted by atomic mass is 10.2. The van der Waals surface area contributed by atoms with E-state index < -0.39 is 5.85 Å². The molecule has 5 heteroatoms. The van der Waals surface area contributed by atoms with Crippen LogP contribution in [-0.4, -0.2) is 73.4 Å². The lowest BCUT2D eigenvalue weighted by Gasteiger charge is -2.49. The van der Waals surface area contributed by atoms with Crippen molar-refractivity contribution >= 4 is 0 Å². The fourth-order valence-corrected chi connectivity index (χ4v) is 2.49. The zero-order valence-corrected chi connectivity index (χ0v) is 10.0. The molecule has 94 valence electrons. The van der Waals surface area contributed by atoms with Gasteiger partial charge in [-0.2, -0.15) is 0 Å². The summed E-state index contributed by atoms with van der Waals surface area (Å²) in [6, 6.07) is 0. The molecule has 0 atom stereocenters. The third-order valence-corrected chi connectivity index (χ3v) is 3.51. The number of rotatable bonds is 3. The van der Waals surface area contributed by atoms with Crippen LogP contribution in [0.5, 0.6) is 0 Å². The summed E-state index contributed by atoms with van der Waals surface area (Å²) in [6.45, 7) is 8.12. The minimum atomic E-state index is -0.812. The van der Waals surface area contributed by atoms with Crippen molar-refractivity contribution in [2.45, 2.75) is 19.2 Å². The van der Waals surface area contributed by atoms with Crippen molar-refractivity contribution in [1.82, 2.24) is 9.80 Å². The highest BCUT2D eigenvalue weighted by Crippen LogP contribution is 2.23. The smallest absolute Gasteiger partial charge is 0.176 e. The number of ether oxygens (including phenoxy) is 2. The number of hydrogen-bond acceptors (Lipinski definition) is 5. The molecule has 2 fully saturated rings. The van der Waals surface area contributed by atoms with Crippen LogP contribution in [0.25, 0.3) is 0 Å². The zero-order chi connectivity index (χ0) is 11.4. The van der Waals surface area contributed by atoms with Gasteiger partial charge in [0, 0.05) is 32.6 Å². The average molecular weight is 230 g/mol. The zero-order valence-electron chi connectivity index (χ0n) is 10.0. The Hall–Kier alpha value is -0.200. The van der Waals surface area contributed by atoms with Gasteiger partial charge in [0.15, 0.2) is 5.85 Å². The lowest BCUT2D eigenvalue weighted by Crippen LogP contribution is -2.65. The first kappa shape index (κ1) is 12.3. The quantitative estimate of drug-likeness (QED) is 0.721. The predicted octanol–water partition coefficient (Wildman–Crippen LogP) is -0.293. The number of aliphatic hydroxyl groups is 1. The van der Waals surface area contributed by atoms with Gasteiger partial charge in [0.25, 0.3) is 0 Å². The molecular formula is C11H22N2O3. The summed E-state index contributed by atoms with van der Waals surface area (Å²) in [7, 11) is 0. The van der Waals surface area contributed by atoms with E-state index in [0.29, 0.717) is 32.8 Å². The molecule has 2 aliphatic rings. The summed E-state index contributed by atoms with van der Waals surface area (Å²) in [5, 5.41) is 10.8. The van der Waals surface area contributed by atoms with E-state index in [-0.39, 0.29) is 0 Å². The van der Waals surface area contributed by atoms with Gasteiger partial charge in [0.1, 0.15) is 0 Å². The monoisotopic (exact) mass is 230 g/mol. The van der Waals surface area contributed by atoms with Crippen LogP contribution < -0.4 is 0 Å². The van der Waals surface area contributed by atoms with Crippen LogP contribution in [0.15, 0.2) is 0 Å². The third kappa shape index (κ3) is 2.38. The molecule has 0 aromatic heterocycles. The Kier molecular flexibility index (Phi) is 4.16. The maximum absolute atomic E-state index is 10.8. The Balaban J connectivity index is 2.03. The molecule has 2 aliphatic heterocycles. The van der Waals surface area contributed by atoms with Crippen molar-refractivity contribution in [2.75, 3.05) is 52.6 Å². The van der Waals surface area contributed by atoms with Gasteiger partial charge < -0.3 is 14.6 Å². The van der Waals surface area contributed by atoms with Crippen molar-refractivity contribution < 1.29 is 14.6 Å². The SMILES string of the molecule is CCC(O)(N1CCOCC1)N1CCOCC1. The topological polar surface area (TPSA) is 45.2 Å². The van der Waals surface area contributed by atoms with Crippen LogP contribution in [0.1, 0.15) is 13.3 Å². The summed E-state index contributed by atoms with van der Waals surface area (Å²) in [5.74, 6) is -0.812. The molecule has 0 amide bonds. The van der Waals surface area contributed by atoms with Gasteiger partial charge in [-0.15, -0.1) is 0 Å². The lowest BCUT2D eigenvalue weighted by molar-refractivity contribution is -0.246. The summed E-state index contributed by atoms with van der Waals surface area (Å²) in [4.78, 5) is 4.25. The van der Waals surface area contributed by atoms with Gasteiger partial charge in [-0.1, -0.05) is 6.92 Å². The van der Waals surface area contributed by atoms with Gasteiger partial charge in [0.2, 0.25) is 0 Å². The Bertz CT molecular complexity index is 195. The van der Waals surface area contributed by atoms with Crippen molar-refractivity contribution in [3.8, 4) is 0 Å². The van der Waals surface area contributed by atoms with Gasteiger partial charge in [-0.25, -0.2) is 0 Å². The van der Waals surface area contributed by atoms with Crippen LogP contribution in [0.3, 0.4) is 0 Å². The molecule has 16 heavy (non-hydrogen) atoms. The molecule has 0 radical (unpaired) electrons. The minimum Gasteiger partial charge on any atom is -0.379 e. The normalized spacial score (nSPS) is 25.9. The van der Waals surface area contributed by atoms with Crippen LogP contribution >= 0.6 is 0 Å². The van der Waals surface area contributed by atoms with Crippen molar-refractivity contribution in [1.29, 1.82) is 0 Å². The van der Waals surface area contributed by atoms with Gasteiger partial charge in [-0.3, -0.25) is 9.80 Å². The molecule has 0 aromatic rings. The van der Waals surface area contributed by atoms with Gasteiger partial charge in [-0.05, 0) is 0 Å². The van der Waals surface area contributed by atoms with Crippen LogP contribution in [-0.2, 0) is 9.47 Å². The molecule has 2 rings (SSSR count). The van der Waals surface area contributed by atoms with Crippen LogP contribution in [0, 0.1) is 0 Å². The number of morpholine rings is 2. The fourth-order valence-electron chi connectivity index (χ4n) is 2.49. The van der Waals surface area contributed by atoms with E-state index >= 15 is 0 Å². The van der Waals surface area contributed by atoms with Crippen molar-refractivity contribution in [3.05, 3.63) is 0 Å². The number of nitrogens with zero attached hydrogens (tertiary/aromatic N) is 2. The molecule has 0 bridgehead atoms. The molecule has 2 heterocycles. The summed E-state index contributed by atoms with van der Waals surface area (Å²) in [5.41, 5.74) is 0. The second-order valence-corrected chi connectivity index (χ2v) is 4.33. The Morgan fingerprint density at radius 2 is 1.31 bits per heavy atom. The molecule has 2 saturated heterocycles. The Labute approximate surface area is 96.9 Å². The fraction of sp³-hybridized carbons (Fsp3) is 1.00. The third-order valence-electron chi connectivity index (χ3n) is 3.51. The largest absolute Gasteiger partial charge is 0.379 e. The maximum atomic E-state index is 10.8. The molecule has 1 N–H and O–H groups in total. The summed E-state index contributed by atoms with van der Waals surface area (Å²) >= 11 is 0. The van der Waals surface area contributed by atoms with E-state index in [1.54, 1.807) is 0 Å². The second-order valence-electron chi connectivity index (χ2n) is 4.33. The Morgan fingerprint density at radius 3 is 1.62 bits per heavy atom. The van der Waals surface area contributed by atoms with Gasteiger partial charge >= 0.3 is 0 Å². The van der Waals surface area contributed by atoms with E-state index in [2.05, 4.69) is 9.80 Å². The molecule has 0 unspecified atom stereocenters. The first-order valence-corrected chi connectivity index (χ1v) is 6.15. The highest BCUT2D eigenvalue weighted by atomic mass is 16.5. The molecule has 0 saturated carbocycles. The molecule has 0 aliphatic carbocycles. The van der Waals surface area contributed by atoms with Crippen LogP contribution in [0.4, 0.5) is 0 Å². The van der Waals surface area contributed by atoms with Crippen molar-refractivity contribution in [3.63, 3.8) is 0 Å². The maximum Gasteiger partial charge on any atom is 0.176 e. The highest BCUT2D eigenvalue weighted by molar-refractivity contribution is 4.82. The summed E-state index contributed by atoms with van der Waals surface area (Å²) in [6.07, 6.45) is 0.715. The molecular weight excluding hydrogens is 208 g/mol. The second kappa shape index (κ2) is 5.42. The van der Waals surface area contributed by atoms with Crippen LogP contribution in [0.2, 0.25) is 0 Å². The average Bonchev–Trinajstić information content (AvgIpc) is 2.40. The number of hydrogen-bond donors (Lipinski definition) is 1.